The second-order valence-corrected chi connectivity index (χ2v) is 7.08. The molecule has 0 radical (unpaired) electrons. The van der Waals surface area contributed by atoms with Crippen LogP contribution < -0.4 is 10.1 Å². The summed E-state index contributed by atoms with van der Waals surface area (Å²) in [5, 5.41) is 2.51. The molecule has 128 valence electrons. The molecule has 0 aromatic heterocycles. The molecule has 0 spiro atoms. The molecule has 1 heterocycles. The number of rotatable bonds is 5. The molecule has 2 rings (SSSR count). The predicted octanol–water partition coefficient (Wildman–Crippen LogP) is 2.36. The molecule has 9 heteroatoms. The number of nitrogens with one attached hydrogen (secondary N) is 1. The Labute approximate surface area is 166 Å². The summed E-state index contributed by atoms with van der Waals surface area (Å²) in [6, 6.07) is 3.15. The van der Waals surface area contributed by atoms with Crippen molar-refractivity contribution in [1.82, 2.24) is 10.2 Å². The van der Waals surface area contributed by atoms with Crippen LogP contribution in [0.3, 0.4) is 0 Å². The first kappa shape index (κ1) is 19.0. The Bertz CT molecular complexity index is 710. The van der Waals surface area contributed by atoms with Crippen LogP contribution in [-0.4, -0.2) is 43.1 Å². The number of ether oxygens (including phenoxy) is 2. The third-order valence-corrected chi connectivity index (χ3v) is 4.66. The monoisotopic (exact) mass is 556 g/mol. The molecule has 0 atom stereocenters. The van der Waals surface area contributed by atoms with Crippen molar-refractivity contribution in [3.05, 3.63) is 30.5 Å². The van der Waals surface area contributed by atoms with E-state index >= 15 is 0 Å². The van der Waals surface area contributed by atoms with Crippen LogP contribution in [0.4, 0.5) is 4.79 Å². The van der Waals surface area contributed by atoms with Crippen molar-refractivity contribution in [2.24, 2.45) is 0 Å². The molecule has 0 unspecified atom stereocenters. The quantitative estimate of drug-likeness (QED) is 0.261. The zero-order valence-electron chi connectivity index (χ0n) is 12.9. The van der Waals surface area contributed by atoms with Gasteiger partial charge in [0.05, 0.1) is 13.7 Å². The Morgan fingerprint density at radius 3 is 2.42 bits per heavy atom. The first-order chi connectivity index (χ1) is 11.3. The molecule has 0 bridgehead atoms. The molecule has 0 saturated carbocycles. The topological polar surface area (TPSA) is 84.9 Å². The number of likely N-dealkylation sites (N-methyl/N-ethyl adjacent to an activating group) is 1. The van der Waals surface area contributed by atoms with Gasteiger partial charge < -0.3 is 14.8 Å². The van der Waals surface area contributed by atoms with E-state index in [-0.39, 0.29) is 18.2 Å². The fourth-order valence-corrected chi connectivity index (χ4v) is 4.05. The van der Waals surface area contributed by atoms with Crippen molar-refractivity contribution < 1.29 is 23.9 Å². The zero-order valence-corrected chi connectivity index (χ0v) is 17.2. The van der Waals surface area contributed by atoms with Crippen LogP contribution >= 0.6 is 45.2 Å². The lowest BCUT2D eigenvalue weighted by atomic mass is 10.2. The Balaban J connectivity index is 2.19. The number of imide groups is 1. The molecule has 3 amide bonds. The van der Waals surface area contributed by atoms with E-state index in [4.69, 9.17) is 9.47 Å². The van der Waals surface area contributed by atoms with Crippen LogP contribution in [0.2, 0.25) is 0 Å². The van der Waals surface area contributed by atoms with E-state index in [1.807, 2.05) is 0 Å². The van der Waals surface area contributed by atoms with Crippen molar-refractivity contribution in [2.45, 2.75) is 6.92 Å². The molecule has 1 aliphatic rings. The van der Waals surface area contributed by atoms with Gasteiger partial charge in [-0.05, 0) is 75.9 Å². The number of carbonyl (C=O) groups excluding carboxylic acids is 3. The minimum absolute atomic E-state index is 0.167. The highest BCUT2D eigenvalue weighted by Gasteiger charge is 2.30. The normalized spacial score (nSPS) is 15.7. The number of urea groups is 1. The van der Waals surface area contributed by atoms with E-state index < -0.39 is 12.0 Å². The van der Waals surface area contributed by atoms with Crippen molar-refractivity contribution in [1.29, 1.82) is 0 Å². The summed E-state index contributed by atoms with van der Waals surface area (Å²) >= 11 is 4.17. The second kappa shape index (κ2) is 8.14. The first-order valence-electron chi connectivity index (χ1n) is 6.91. The van der Waals surface area contributed by atoms with Gasteiger partial charge in [0.1, 0.15) is 11.4 Å². The Hall–Kier alpha value is -1.37. The summed E-state index contributed by atoms with van der Waals surface area (Å²) in [6.45, 7) is 1.87. The van der Waals surface area contributed by atoms with Gasteiger partial charge >= 0.3 is 12.0 Å². The highest BCUT2D eigenvalue weighted by Crippen LogP contribution is 2.30. The van der Waals surface area contributed by atoms with Gasteiger partial charge in [-0.15, -0.1) is 0 Å². The number of halogens is 2. The number of amides is 3. The number of hydrogen-bond acceptors (Lipinski definition) is 5. The zero-order chi connectivity index (χ0) is 17.9. The van der Waals surface area contributed by atoms with Crippen LogP contribution in [-0.2, 0) is 14.3 Å². The molecule has 1 N–H and O–H groups in total. The molecule has 1 saturated heterocycles. The van der Waals surface area contributed by atoms with Crippen molar-refractivity contribution in [3.63, 3.8) is 0 Å². The number of hydrogen-bond donors (Lipinski definition) is 1. The van der Waals surface area contributed by atoms with Gasteiger partial charge in [0.25, 0.3) is 5.91 Å². The van der Waals surface area contributed by atoms with Crippen LogP contribution in [0.1, 0.15) is 12.5 Å². The first-order valence-corrected chi connectivity index (χ1v) is 9.07. The van der Waals surface area contributed by atoms with Gasteiger partial charge in [0.15, 0.2) is 6.61 Å². The smallest absolute Gasteiger partial charge is 0.344 e. The maximum absolute atomic E-state index is 11.9. The minimum atomic E-state index is -0.454. The van der Waals surface area contributed by atoms with Crippen LogP contribution in [0.5, 0.6) is 5.75 Å². The Kier molecular flexibility index (Phi) is 6.43. The average Bonchev–Trinajstić information content (AvgIpc) is 2.74. The fraction of sp³-hybridized carbons (Fsp3) is 0.267. The Morgan fingerprint density at radius 1 is 1.29 bits per heavy atom. The molecule has 1 fully saturated rings. The largest absolute Gasteiger partial charge is 0.480 e. The summed E-state index contributed by atoms with van der Waals surface area (Å²) in [5.41, 5.74) is 0.959. The third-order valence-electron chi connectivity index (χ3n) is 3.05. The van der Waals surface area contributed by atoms with Crippen molar-refractivity contribution >= 4 is 69.2 Å². The van der Waals surface area contributed by atoms with E-state index in [0.717, 1.165) is 17.6 Å². The summed E-state index contributed by atoms with van der Waals surface area (Å²) in [4.78, 5) is 35.8. The van der Waals surface area contributed by atoms with Crippen LogP contribution in [0.25, 0.3) is 6.08 Å². The third kappa shape index (κ3) is 4.37. The van der Waals surface area contributed by atoms with Gasteiger partial charge in [-0.25, -0.2) is 9.59 Å². The summed E-state index contributed by atoms with van der Waals surface area (Å²) in [7, 11) is 1.42. The summed E-state index contributed by atoms with van der Waals surface area (Å²) in [5.74, 6) is -0.240. The number of benzene rings is 1. The van der Waals surface area contributed by atoms with E-state index in [0.29, 0.717) is 12.4 Å². The Morgan fingerprint density at radius 2 is 1.92 bits per heavy atom. The molecular weight excluding hydrogens is 542 g/mol. The predicted molar refractivity (Wildman–Crippen MR) is 103 cm³/mol. The molecular formula is C15H14I2N2O5. The molecule has 0 aliphatic carbocycles. The average molecular weight is 556 g/mol. The van der Waals surface area contributed by atoms with E-state index in [1.54, 1.807) is 25.1 Å². The molecule has 24 heavy (non-hydrogen) atoms. The lowest BCUT2D eigenvalue weighted by molar-refractivity contribution is -0.145. The maximum atomic E-state index is 11.9. The standard InChI is InChI=1S/C15H14I2N2O5/c1-3-23-12(20)7-24-13-9(16)4-8(5-10(13)17)6-11-14(21)19(2)15(22)18-11/h4-6H,3,7H2,1-2H3,(H,18,22)/b11-6+. The SMILES string of the molecule is CCOC(=O)COc1c(I)cc(/C=C2/NC(=O)N(C)C2=O)cc1I. The highest BCUT2D eigenvalue weighted by atomic mass is 127. The van der Waals surface area contributed by atoms with E-state index in [1.165, 1.54) is 7.05 Å². The van der Waals surface area contributed by atoms with Gasteiger partial charge in [-0.2, -0.15) is 0 Å². The van der Waals surface area contributed by atoms with Gasteiger partial charge in [-0.3, -0.25) is 9.69 Å². The van der Waals surface area contributed by atoms with E-state index in [2.05, 4.69) is 50.5 Å². The maximum Gasteiger partial charge on any atom is 0.344 e. The molecule has 1 aromatic rings. The van der Waals surface area contributed by atoms with E-state index in [9.17, 15) is 14.4 Å². The van der Waals surface area contributed by atoms with Gasteiger partial charge in [0, 0.05) is 7.05 Å². The number of carbonyl (C=O) groups is 3. The van der Waals surface area contributed by atoms with Crippen LogP contribution in [0, 0.1) is 7.14 Å². The van der Waals surface area contributed by atoms with Crippen LogP contribution in [0.15, 0.2) is 17.8 Å². The molecule has 1 aliphatic heterocycles. The summed E-state index contributed by atoms with van der Waals surface area (Å²) in [6.07, 6.45) is 1.60. The van der Waals surface area contributed by atoms with Crippen molar-refractivity contribution in [2.75, 3.05) is 20.3 Å². The highest BCUT2D eigenvalue weighted by molar-refractivity contribution is 14.1. The molecule has 7 nitrogen and oxygen atoms in total. The lowest BCUT2D eigenvalue weighted by Gasteiger charge is -2.11. The second-order valence-electron chi connectivity index (χ2n) is 4.76. The fourth-order valence-electron chi connectivity index (χ4n) is 1.92. The lowest BCUT2D eigenvalue weighted by Crippen LogP contribution is -2.25. The van der Waals surface area contributed by atoms with Crippen molar-refractivity contribution in [3.8, 4) is 5.75 Å². The molecule has 1 aromatic carbocycles. The number of nitrogens with zero attached hydrogens (tertiary/aromatic N) is 1. The minimum Gasteiger partial charge on any atom is -0.480 e. The summed E-state index contributed by atoms with van der Waals surface area (Å²) < 4.78 is 11.9. The number of esters is 1. The van der Waals surface area contributed by atoms with Gasteiger partial charge in [0.2, 0.25) is 0 Å². The van der Waals surface area contributed by atoms with Gasteiger partial charge in [-0.1, -0.05) is 0 Å².